The van der Waals surface area contributed by atoms with E-state index < -0.39 is 0 Å². The van der Waals surface area contributed by atoms with Crippen LogP contribution in [0.5, 0.6) is 0 Å². The Hall–Kier alpha value is -0.530. The Morgan fingerprint density at radius 3 is 2.44 bits per heavy atom. The maximum absolute atomic E-state index is 11.0. The lowest BCUT2D eigenvalue weighted by atomic mass is 9.83. The molecule has 0 aromatic carbocycles. The fraction of sp³-hybridized carbons (Fsp3) is 0.929. The van der Waals surface area contributed by atoms with E-state index in [0.717, 1.165) is 18.8 Å². The van der Waals surface area contributed by atoms with E-state index in [1.165, 1.54) is 45.4 Å². The average Bonchev–Trinajstić information content (AvgIpc) is 2.27. The molecule has 0 N–H and O–H groups in total. The van der Waals surface area contributed by atoms with Gasteiger partial charge in [0.1, 0.15) is 5.60 Å². The Morgan fingerprint density at radius 1 is 1.31 bits per heavy atom. The lowest BCUT2D eigenvalue weighted by molar-refractivity contribution is -0.156. The highest BCUT2D eigenvalue weighted by Gasteiger charge is 2.27. The molecule has 1 aliphatic rings. The van der Waals surface area contributed by atoms with Crippen LogP contribution in [0.3, 0.4) is 0 Å². The van der Waals surface area contributed by atoms with Gasteiger partial charge in [0.25, 0.3) is 0 Å². The van der Waals surface area contributed by atoms with E-state index in [4.69, 9.17) is 4.74 Å². The molecule has 0 bridgehead atoms. The van der Waals surface area contributed by atoms with Gasteiger partial charge in [-0.25, -0.2) is 0 Å². The molecule has 0 aromatic heterocycles. The summed E-state index contributed by atoms with van der Waals surface area (Å²) in [6.45, 7) is 5.68. The van der Waals surface area contributed by atoms with Crippen LogP contribution < -0.4 is 0 Å². The van der Waals surface area contributed by atoms with Crippen molar-refractivity contribution in [3.63, 3.8) is 0 Å². The molecule has 0 radical (unpaired) electrons. The van der Waals surface area contributed by atoms with Crippen molar-refractivity contribution in [3.8, 4) is 0 Å². The summed E-state index contributed by atoms with van der Waals surface area (Å²) in [6, 6.07) is 0. The Labute approximate surface area is 99.8 Å². The van der Waals surface area contributed by atoms with Crippen molar-refractivity contribution in [3.05, 3.63) is 0 Å². The second kappa shape index (κ2) is 6.27. The Morgan fingerprint density at radius 2 is 1.94 bits per heavy atom. The van der Waals surface area contributed by atoms with Gasteiger partial charge in [0.2, 0.25) is 0 Å². The van der Waals surface area contributed by atoms with Gasteiger partial charge in [-0.3, -0.25) is 4.79 Å². The van der Waals surface area contributed by atoms with Gasteiger partial charge in [-0.15, -0.1) is 0 Å². The highest BCUT2D eigenvalue weighted by Crippen LogP contribution is 2.31. The van der Waals surface area contributed by atoms with Crippen molar-refractivity contribution in [1.29, 1.82) is 0 Å². The van der Waals surface area contributed by atoms with Crippen LogP contribution in [0.1, 0.15) is 72.1 Å². The monoisotopic (exact) mass is 226 g/mol. The van der Waals surface area contributed by atoms with Crippen LogP contribution in [0.2, 0.25) is 0 Å². The normalized spacial score (nSPS) is 21.4. The number of carbonyl (C=O) groups excluding carboxylic acids is 1. The van der Waals surface area contributed by atoms with Gasteiger partial charge in [0.05, 0.1) is 0 Å². The van der Waals surface area contributed by atoms with E-state index in [2.05, 4.69) is 13.8 Å². The largest absolute Gasteiger partial charge is 0.460 e. The molecular formula is C14H26O2. The van der Waals surface area contributed by atoms with Gasteiger partial charge in [-0.2, -0.15) is 0 Å². The molecule has 0 aliphatic heterocycles. The average molecular weight is 226 g/mol. The molecule has 1 rings (SSSR count). The zero-order valence-corrected chi connectivity index (χ0v) is 11.1. The quantitative estimate of drug-likeness (QED) is 0.660. The highest BCUT2D eigenvalue weighted by molar-refractivity contribution is 5.66. The molecule has 2 heteroatoms. The summed E-state index contributed by atoms with van der Waals surface area (Å²) in [6.07, 6.45) is 10.1. The zero-order chi connectivity index (χ0) is 12.0. The van der Waals surface area contributed by atoms with Crippen LogP contribution in [0.15, 0.2) is 0 Å². The smallest absolute Gasteiger partial charge is 0.303 e. The predicted molar refractivity (Wildman–Crippen MR) is 66.3 cm³/mol. The predicted octanol–water partition coefficient (Wildman–Crippen LogP) is 4.08. The van der Waals surface area contributed by atoms with Crippen LogP contribution in [0, 0.1) is 5.92 Å². The number of carbonyl (C=O) groups is 1. The van der Waals surface area contributed by atoms with E-state index in [1.54, 1.807) is 0 Å². The van der Waals surface area contributed by atoms with Gasteiger partial charge in [0, 0.05) is 6.92 Å². The summed E-state index contributed by atoms with van der Waals surface area (Å²) in [5, 5.41) is 0. The standard InChI is InChI=1S/C14H26O2/c1-4-14(3,16-12(2)15)11-10-13-8-6-5-7-9-13/h13H,4-11H2,1-3H3. The van der Waals surface area contributed by atoms with Crippen molar-refractivity contribution in [2.24, 2.45) is 5.92 Å². The third-order valence-electron chi connectivity index (χ3n) is 3.94. The first kappa shape index (κ1) is 13.5. The minimum Gasteiger partial charge on any atom is -0.460 e. The first-order chi connectivity index (χ1) is 7.56. The third kappa shape index (κ3) is 4.54. The summed E-state index contributed by atoms with van der Waals surface area (Å²) in [5.41, 5.74) is -0.233. The van der Waals surface area contributed by atoms with Crippen molar-refractivity contribution in [2.45, 2.75) is 77.7 Å². The maximum Gasteiger partial charge on any atom is 0.303 e. The van der Waals surface area contributed by atoms with Gasteiger partial charge >= 0.3 is 5.97 Å². The van der Waals surface area contributed by atoms with Gasteiger partial charge in [0.15, 0.2) is 0 Å². The fourth-order valence-corrected chi connectivity index (χ4v) is 2.63. The van der Waals surface area contributed by atoms with E-state index >= 15 is 0 Å². The molecule has 0 saturated heterocycles. The molecule has 1 fully saturated rings. The molecule has 0 spiro atoms. The van der Waals surface area contributed by atoms with Gasteiger partial charge in [-0.1, -0.05) is 39.0 Å². The molecule has 1 aliphatic carbocycles. The van der Waals surface area contributed by atoms with Crippen LogP contribution in [-0.4, -0.2) is 11.6 Å². The second-order valence-corrected chi connectivity index (χ2v) is 5.44. The molecule has 16 heavy (non-hydrogen) atoms. The summed E-state index contributed by atoms with van der Waals surface area (Å²) in [5.74, 6) is 0.725. The number of rotatable bonds is 5. The highest BCUT2D eigenvalue weighted by atomic mass is 16.6. The molecule has 0 heterocycles. The SMILES string of the molecule is CCC(C)(CCC1CCCCC1)OC(C)=O. The summed E-state index contributed by atoms with van der Waals surface area (Å²) >= 11 is 0. The molecule has 0 amide bonds. The zero-order valence-electron chi connectivity index (χ0n) is 11.1. The molecule has 1 unspecified atom stereocenters. The van der Waals surface area contributed by atoms with Gasteiger partial charge in [-0.05, 0) is 32.1 Å². The third-order valence-corrected chi connectivity index (χ3v) is 3.94. The molecule has 1 atom stereocenters. The topological polar surface area (TPSA) is 26.3 Å². The first-order valence-electron chi connectivity index (χ1n) is 6.75. The minimum atomic E-state index is -0.233. The summed E-state index contributed by atoms with van der Waals surface area (Å²) < 4.78 is 5.44. The van der Waals surface area contributed by atoms with Crippen molar-refractivity contribution >= 4 is 5.97 Å². The van der Waals surface area contributed by atoms with Gasteiger partial charge < -0.3 is 4.74 Å². The lowest BCUT2D eigenvalue weighted by Gasteiger charge is -2.30. The van der Waals surface area contributed by atoms with Crippen LogP contribution in [0.25, 0.3) is 0 Å². The molecular weight excluding hydrogens is 200 g/mol. The minimum absolute atomic E-state index is 0.145. The second-order valence-electron chi connectivity index (χ2n) is 5.44. The summed E-state index contributed by atoms with van der Waals surface area (Å²) in [4.78, 5) is 11.0. The van der Waals surface area contributed by atoms with Crippen LogP contribution >= 0.6 is 0 Å². The van der Waals surface area contributed by atoms with Crippen molar-refractivity contribution in [1.82, 2.24) is 0 Å². The number of hydrogen-bond acceptors (Lipinski definition) is 2. The molecule has 1 saturated carbocycles. The summed E-state index contributed by atoms with van der Waals surface area (Å²) in [7, 11) is 0. The molecule has 2 nitrogen and oxygen atoms in total. The molecule has 0 aromatic rings. The number of ether oxygens (including phenoxy) is 1. The lowest BCUT2D eigenvalue weighted by Crippen LogP contribution is -2.30. The van der Waals surface area contributed by atoms with E-state index in [0.29, 0.717) is 0 Å². The fourth-order valence-electron chi connectivity index (χ4n) is 2.63. The molecule has 94 valence electrons. The number of esters is 1. The Bertz CT molecular complexity index is 219. The Balaban J connectivity index is 2.34. The van der Waals surface area contributed by atoms with Crippen molar-refractivity contribution < 1.29 is 9.53 Å². The number of hydrogen-bond donors (Lipinski definition) is 0. The van der Waals surface area contributed by atoms with Crippen LogP contribution in [0.4, 0.5) is 0 Å². The van der Waals surface area contributed by atoms with E-state index in [9.17, 15) is 4.79 Å². The maximum atomic E-state index is 11.0. The van der Waals surface area contributed by atoms with E-state index in [1.807, 2.05) is 0 Å². The first-order valence-corrected chi connectivity index (χ1v) is 6.75. The Kier molecular flexibility index (Phi) is 5.30. The van der Waals surface area contributed by atoms with Crippen molar-refractivity contribution in [2.75, 3.05) is 0 Å². The van der Waals surface area contributed by atoms with Crippen LogP contribution in [-0.2, 0) is 9.53 Å². The van der Waals surface area contributed by atoms with E-state index in [-0.39, 0.29) is 11.6 Å².